The molecule has 0 bridgehead atoms. The van der Waals surface area contributed by atoms with Crippen molar-refractivity contribution in [2.24, 2.45) is 5.41 Å². The van der Waals surface area contributed by atoms with Crippen molar-refractivity contribution in [2.45, 2.75) is 66.5 Å². The zero-order valence-electron chi connectivity index (χ0n) is 14.1. The van der Waals surface area contributed by atoms with Crippen LogP contribution in [0.15, 0.2) is 0 Å². The molecule has 1 aliphatic rings. The van der Waals surface area contributed by atoms with Crippen molar-refractivity contribution < 1.29 is 4.74 Å². The summed E-state index contributed by atoms with van der Waals surface area (Å²) in [6.07, 6.45) is 3.07. The molecule has 1 aromatic heterocycles. The molecule has 0 amide bonds. The van der Waals surface area contributed by atoms with Gasteiger partial charge in [0, 0.05) is 37.4 Å². The van der Waals surface area contributed by atoms with E-state index in [1.54, 1.807) is 0 Å². The van der Waals surface area contributed by atoms with Crippen molar-refractivity contribution in [2.75, 3.05) is 13.2 Å². The molecular formula is C17H29N3O. The van der Waals surface area contributed by atoms with Crippen LogP contribution >= 0.6 is 0 Å². The molecule has 1 unspecified atom stereocenters. The van der Waals surface area contributed by atoms with E-state index in [0.29, 0.717) is 6.61 Å². The average Bonchev–Trinajstić information content (AvgIpc) is 2.43. The van der Waals surface area contributed by atoms with Crippen molar-refractivity contribution in [3.63, 3.8) is 0 Å². The van der Waals surface area contributed by atoms with Crippen LogP contribution in [0.4, 0.5) is 0 Å². The van der Waals surface area contributed by atoms with Gasteiger partial charge in [-0.05, 0) is 18.8 Å². The summed E-state index contributed by atoms with van der Waals surface area (Å²) in [4.78, 5) is 9.75. The molecule has 1 aliphatic heterocycles. The van der Waals surface area contributed by atoms with Gasteiger partial charge in [-0.2, -0.15) is 0 Å². The fraction of sp³-hybridized carbons (Fsp3) is 0.765. The molecule has 1 N–H and O–H groups in total. The SMILES string of the molecule is CCCc1nc(C(OCC)C(C)(C)C)nc2c1CNCC2. The van der Waals surface area contributed by atoms with Gasteiger partial charge in [0.2, 0.25) is 0 Å². The number of nitrogens with zero attached hydrogens (tertiary/aromatic N) is 2. The van der Waals surface area contributed by atoms with Crippen molar-refractivity contribution in [3.8, 4) is 0 Å². The monoisotopic (exact) mass is 291 g/mol. The average molecular weight is 291 g/mol. The molecule has 21 heavy (non-hydrogen) atoms. The molecule has 2 rings (SSSR count). The van der Waals surface area contributed by atoms with Gasteiger partial charge in [-0.1, -0.05) is 34.1 Å². The lowest BCUT2D eigenvalue weighted by Gasteiger charge is -2.30. The predicted molar refractivity (Wildman–Crippen MR) is 85.3 cm³/mol. The van der Waals surface area contributed by atoms with Gasteiger partial charge in [-0.25, -0.2) is 9.97 Å². The molecule has 4 nitrogen and oxygen atoms in total. The van der Waals surface area contributed by atoms with Crippen LogP contribution in [0.5, 0.6) is 0 Å². The molecule has 0 aromatic carbocycles. The van der Waals surface area contributed by atoms with E-state index >= 15 is 0 Å². The number of hydrogen-bond acceptors (Lipinski definition) is 4. The van der Waals surface area contributed by atoms with Crippen molar-refractivity contribution in [3.05, 3.63) is 22.8 Å². The zero-order valence-corrected chi connectivity index (χ0v) is 14.1. The van der Waals surface area contributed by atoms with Crippen LogP contribution in [0.25, 0.3) is 0 Å². The highest BCUT2D eigenvalue weighted by atomic mass is 16.5. The van der Waals surface area contributed by atoms with Crippen LogP contribution in [-0.2, 0) is 24.1 Å². The molecule has 0 aliphatic carbocycles. The topological polar surface area (TPSA) is 47.0 Å². The summed E-state index contributed by atoms with van der Waals surface area (Å²) in [5.74, 6) is 0.869. The minimum absolute atomic E-state index is 0.000643. The highest BCUT2D eigenvalue weighted by Crippen LogP contribution is 2.35. The normalized spacial score (nSPS) is 16.6. The Balaban J connectivity index is 2.45. The van der Waals surface area contributed by atoms with Crippen LogP contribution in [0.1, 0.15) is 69.9 Å². The van der Waals surface area contributed by atoms with Gasteiger partial charge in [0.25, 0.3) is 0 Å². The lowest BCUT2D eigenvalue weighted by molar-refractivity contribution is -0.0194. The third-order valence-electron chi connectivity index (χ3n) is 3.88. The van der Waals surface area contributed by atoms with Gasteiger partial charge in [0.1, 0.15) is 6.10 Å². The fourth-order valence-electron chi connectivity index (χ4n) is 2.87. The number of ether oxygens (including phenoxy) is 1. The summed E-state index contributed by atoms with van der Waals surface area (Å²) in [5.41, 5.74) is 3.74. The molecule has 0 radical (unpaired) electrons. The second-order valence-electron chi connectivity index (χ2n) is 6.83. The van der Waals surface area contributed by atoms with Gasteiger partial charge < -0.3 is 10.1 Å². The molecule has 0 saturated heterocycles. The van der Waals surface area contributed by atoms with E-state index in [4.69, 9.17) is 14.7 Å². The van der Waals surface area contributed by atoms with Crippen molar-refractivity contribution >= 4 is 0 Å². The van der Waals surface area contributed by atoms with E-state index in [9.17, 15) is 0 Å². The maximum atomic E-state index is 5.98. The van der Waals surface area contributed by atoms with E-state index in [0.717, 1.165) is 38.2 Å². The first-order chi connectivity index (χ1) is 9.97. The lowest BCUT2D eigenvalue weighted by atomic mass is 9.88. The van der Waals surface area contributed by atoms with Gasteiger partial charge in [0.05, 0.1) is 5.69 Å². The van der Waals surface area contributed by atoms with Crippen molar-refractivity contribution in [1.82, 2.24) is 15.3 Å². The Hall–Kier alpha value is -1.00. The highest BCUT2D eigenvalue weighted by Gasteiger charge is 2.31. The van der Waals surface area contributed by atoms with Gasteiger partial charge in [-0.15, -0.1) is 0 Å². The van der Waals surface area contributed by atoms with Crippen molar-refractivity contribution in [1.29, 1.82) is 0 Å². The van der Waals surface area contributed by atoms with Crippen LogP contribution < -0.4 is 5.32 Å². The number of nitrogens with one attached hydrogen (secondary N) is 1. The highest BCUT2D eigenvalue weighted by molar-refractivity contribution is 5.29. The summed E-state index contributed by atoms with van der Waals surface area (Å²) >= 11 is 0. The number of aryl methyl sites for hydroxylation is 1. The minimum atomic E-state index is -0.0432. The first kappa shape index (κ1) is 16.4. The quantitative estimate of drug-likeness (QED) is 0.905. The van der Waals surface area contributed by atoms with Gasteiger partial charge >= 0.3 is 0 Å². The molecule has 1 aromatic rings. The summed E-state index contributed by atoms with van der Waals surface area (Å²) in [6, 6.07) is 0. The van der Waals surface area contributed by atoms with E-state index in [1.807, 2.05) is 6.92 Å². The second-order valence-corrected chi connectivity index (χ2v) is 6.83. The van der Waals surface area contributed by atoms with E-state index in [-0.39, 0.29) is 11.5 Å². The Labute approximate surface area is 128 Å². The molecule has 0 fully saturated rings. The van der Waals surface area contributed by atoms with Gasteiger partial charge in [0.15, 0.2) is 5.82 Å². The van der Waals surface area contributed by atoms with Crippen LogP contribution in [-0.4, -0.2) is 23.1 Å². The molecule has 0 spiro atoms. The second kappa shape index (κ2) is 6.84. The lowest BCUT2D eigenvalue weighted by Crippen LogP contribution is -2.30. The number of aromatic nitrogens is 2. The number of hydrogen-bond donors (Lipinski definition) is 1. The van der Waals surface area contributed by atoms with Crippen LogP contribution in [0.2, 0.25) is 0 Å². The van der Waals surface area contributed by atoms with Crippen LogP contribution in [0.3, 0.4) is 0 Å². The molecule has 118 valence electrons. The molecule has 2 heterocycles. The first-order valence-corrected chi connectivity index (χ1v) is 8.18. The number of fused-ring (bicyclic) bond motifs is 1. The minimum Gasteiger partial charge on any atom is -0.370 e. The maximum Gasteiger partial charge on any atom is 0.158 e. The molecule has 0 saturated carbocycles. The summed E-state index contributed by atoms with van der Waals surface area (Å²) in [7, 11) is 0. The Morgan fingerprint density at radius 1 is 1.24 bits per heavy atom. The fourth-order valence-corrected chi connectivity index (χ4v) is 2.87. The number of rotatable bonds is 5. The van der Waals surface area contributed by atoms with Gasteiger partial charge in [-0.3, -0.25) is 0 Å². The molecule has 1 atom stereocenters. The summed E-state index contributed by atoms with van der Waals surface area (Å²) < 4.78 is 5.98. The summed E-state index contributed by atoms with van der Waals surface area (Å²) in [5, 5.41) is 3.43. The molecule has 4 heteroatoms. The van der Waals surface area contributed by atoms with E-state index in [1.165, 1.54) is 17.0 Å². The predicted octanol–water partition coefficient (Wildman–Crippen LogP) is 3.20. The maximum absolute atomic E-state index is 5.98. The van der Waals surface area contributed by atoms with E-state index in [2.05, 4.69) is 33.0 Å². The first-order valence-electron chi connectivity index (χ1n) is 8.18. The van der Waals surface area contributed by atoms with E-state index < -0.39 is 0 Å². The zero-order chi connectivity index (χ0) is 15.5. The standard InChI is InChI=1S/C17H29N3O/c1-6-8-13-12-11-18-10-9-14(12)20-16(19-13)15(21-7-2)17(3,4)5/h15,18H,6-11H2,1-5H3. The van der Waals surface area contributed by atoms with Crippen LogP contribution in [0, 0.1) is 5.41 Å². The largest absolute Gasteiger partial charge is 0.370 e. The summed E-state index contributed by atoms with van der Waals surface area (Å²) in [6.45, 7) is 13.4. The Morgan fingerprint density at radius 3 is 2.62 bits per heavy atom. The Bertz CT molecular complexity index is 480. The Kier molecular flexibility index (Phi) is 5.33. The smallest absolute Gasteiger partial charge is 0.158 e. The third kappa shape index (κ3) is 3.80. The third-order valence-corrected chi connectivity index (χ3v) is 3.88. The Morgan fingerprint density at radius 2 is 2.00 bits per heavy atom. The molecular weight excluding hydrogens is 262 g/mol.